The Balaban J connectivity index is 1.83. The Kier molecular flexibility index (Phi) is 4.68. The van der Waals surface area contributed by atoms with Crippen LogP contribution >= 0.6 is 27.3 Å². The Bertz CT molecular complexity index is 514. The van der Waals surface area contributed by atoms with Crippen LogP contribution in [0.3, 0.4) is 0 Å². The van der Waals surface area contributed by atoms with E-state index in [0.29, 0.717) is 5.82 Å². The number of anilines is 1. The largest absolute Gasteiger partial charge is 0.384 e. The van der Waals surface area contributed by atoms with Crippen molar-refractivity contribution < 1.29 is 0 Å². The van der Waals surface area contributed by atoms with Crippen LogP contribution in [0.15, 0.2) is 28.2 Å². The average Bonchev–Trinajstić information content (AvgIpc) is 2.73. The minimum atomic E-state index is 0.524. The lowest BCUT2D eigenvalue weighted by Gasteiger charge is -2.14. The summed E-state index contributed by atoms with van der Waals surface area (Å²) in [7, 11) is 2.06. The van der Waals surface area contributed by atoms with Crippen LogP contribution in [0.25, 0.3) is 0 Å². The maximum absolute atomic E-state index is 5.63. The van der Waals surface area contributed by atoms with E-state index in [1.807, 2.05) is 0 Å². The Hall–Kier alpha value is -0.980. The predicted molar refractivity (Wildman–Crippen MR) is 78.5 cm³/mol. The van der Waals surface area contributed by atoms with Gasteiger partial charge in [0.15, 0.2) is 0 Å². The van der Waals surface area contributed by atoms with Gasteiger partial charge in [0.2, 0.25) is 0 Å². The Morgan fingerprint density at radius 3 is 2.89 bits per heavy atom. The summed E-state index contributed by atoms with van der Waals surface area (Å²) < 4.78 is 1.18. The molecule has 2 N–H and O–H groups in total. The molecule has 6 heteroatoms. The highest BCUT2D eigenvalue weighted by Gasteiger charge is 2.05. The molecule has 2 rings (SSSR count). The number of nitrogen functional groups attached to an aromatic ring is 1. The first-order valence-corrected chi connectivity index (χ1v) is 7.24. The summed E-state index contributed by atoms with van der Waals surface area (Å²) in [6.07, 6.45) is 2.73. The highest BCUT2D eigenvalue weighted by molar-refractivity contribution is 9.11. The molecule has 4 nitrogen and oxygen atoms in total. The van der Waals surface area contributed by atoms with Crippen molar-refractivity contribution in [3.05, 3.63) is 38.9 Å². The lowest BCUT2D eigenvalue weighted by Crippen LogP contribution is -2.22. The molecule has 2 aromatic heterocycles. The Morgan fingerprint density at radius 1 is 1.39 bits per heavy atom. The van der Waals surface area contributed by atoms with Crippen LogP contribution < -0.4 is 5.73 Å². The van der Waals surface area contributed by atoms with E-state index in [1.54, 1.807) is 23.6 Å². The Labute approximate surface area is 119 Å². The van der Waals surface area contributed by atoms with Gasteiger partial charge in [0.05, 0.1) is 10.3 Å². The predicted octanol–water partition coefficient (Wildman–Crippen LogP) is 2.56. The molecule has 2 heterocycles. The second-order valence-corrected chi connectivity index (χ2v) is 6.64. The number of rotatable bonds is 5. The summed E-state index contributed by atoms with van der Waals surface area (Å²) in [4.78, 5) is 12.0. The molecule has 18 heavy (non-hydrogen) atoms. The smallest absolute Gasteiger partial charge is 0.144 e. The summed E-state index contributed by atoms with van der Waals surface area (Å²) in [5.74, 6) is 1.29. The van der Waals surface area contributed by atoms with Gasteiger partial charge in [0.25, 0.3) is 0 Å². The molecule has 96 valence electrons. The monoisotopic (exact) mass is 326 g/mol. The van der Waals surface area contributed by atoms with E-state index in [9.17, 15) is 0 Å². The summed E-state index contributed by atoms with van der Waals surface area (Å²) in [5, 5.41) is 0. The lowest BCUT2D eigenvalue weighted by molar-refractivity contribution is 0.323. The van der Waals surface area contributed by atoms with E-state index >= 15 is 0 Å². The third-order valence-electron chi connectivity index (χ3n) is 2.51. The van der Waals surface area contributed by atoms with Gasteiger partial charge in [-0.2, -0.15) is 0 Å². The molecule has 0 bridgehead atoms. The molecule has 0 saturated heterocycles. The molecule has 2 aromatic rings. The molecular formula is C12H15BrN4S. The van der Waals surface area contributed by atoms with E-state index in [4.69, 9.17) is 5.73 Å². The molecule has 0 aliphatic heterocycles. The van der Waals surface area contributed by atoms with E-state index in [2.05, 4.69) is 50.0 Å². The van der Waals surface area contributed by atoms with Crippen molar-refractivity contribution in [3.63, 3.8) is 0 Å². The van der Waals surface area contributed by atoms with Gasteiger partial charge >= 0.3 is 0 Å². The van der Waals surface area contributed by atoms with Crippen LogP contribution in [0, 0.1) is 0 Å². The molecule has 0 aliphatic carbocycles. The number of halogens is 1. The highest BCUT2D eigenvalue weighted by atomic mass is 79.9. The minimum absolute atomic E-state index is 0.524. The normalized spacial score (nSPS) is 11.1. The van der Waals surface area contributed by atoms with Gasteiger partial charge in [-0.3, -0.25) is 4.90 Å². The SMILES string of the molecule is CN(CCc1ccc(Br)s1)Cc1nccc(N)n1. The first-order chi connectivity index (χ1) is 8.63. The molecule has 0 aromatic carbocycles. The van der Waals surface area contributed by atoms with Gasteiger partial charge in [0, 0.05) is 17.6 Å². The number of hydrogen-bond donors (Lipinski definition) is 1. The van der Waals surface area contributed by atoms with Crippen molar-refractivity contribution >= 4 is 33.1 Å². The molecule has 0 saturated carbocycles. The van der Waals surface area contributed by atoms with Gasteiger partial charge < -0.3 is 5.73 Å². The second kappa shape index (κ2) is 6.26. The number of nitrogens with two attached hydrogens (primary N) is 1. The molecular weight excluding hydrogens is 312 g/mol. The topological polar surface area (TPSA) is 55.0 Å². The van der Waals surface area contributed by atoms with Gasteiger partial charge in [-0.1, -0.05) is 0 Å². The number of likely N-dealkylation sites (N-methyl/N-ethyl adjacent to an activating group) is 1. The van der Waals surface area contributed by atoms with Crippen LogP contribution in [-0.4, -0.2) is 28.5 Å². The summed E-state index contributed by atoms with van der Waals surface area (Å²) in [6, 6.07) is 5.94. The Morgan fingerprint density at radius 2 is 2.22 bits per heavy atom. The molecule has 0 unspecified atom stereocenters. The number of aromatic nitrogens is 2. The fourth-order valence-electron chi connectivity index (χ4n) is 1.60. The summed E-state index contributed by atoms with van der Waals surface area (Å²) >= 11 is 5.25. The standard InChI is InChI=1S/C12H15BrN4S/c1-17(7-5-9-2-3-10(13)18-9)8-12-15-6-4-11(14)16-12/h2-4,6H,5,7-8H2,1H3,(H2,14,15,16). The van der Waals surface area contributed by atoms with Gasteiger partial charge in [-0.05, 0) is 47.6 Å². The molecule has 0 atom stereocenters. The van der Waals surface area contributed by atoms with Crippen LogP contribution in [0.2, 0.25) is 0 Å². The maximum Gasteiger partial charge on any atom is 0.144 e. The zero-order chi connectivity index (χ0) is 13.0. The second-order valence-electron chi connectivity index (χ2n) is 4.09. The van der Waals surface area contributed by atoms with Crippen molar-refractivity contribution in [2.45, 2.75) is 13.0 Å². The summed E-state index contributed by atoms with van der Waals surface area (Å²) in [5.41, 5.74) is 5.63. The molecule has 0 fully saturated rings. The molecule has 0 spiro atoms. The maximum atomic E-state index is 5.63. The summed E-state index contributed by atoms with van der Waals surface area (Å²) in [6.45, 7) is 1.70. The average molecular weight is 327 g/mol. The number of nitrogens with zero attached hydrogens (tertiary/aromatic N) is 3. The van der Waals surface area contributed by atoms with Gasteiger partial charge in [-0.15, -0.1) is 11.3 Å². The molecule has 0 amide bonds. The first-order valence-electron chi connectivity index (χ1n) is 5.63. The van der Waals surface area contributed by atoms with Crippen molar-refractivity contribution in [1.29, 1.82) is 0 Å². The molecule has 0 aliphatic rings. The quantitative estimate of drug-likeness (QED) is 0.917. The van der Waals surface area contributed by atoms with E-state index < -0.39 is 0 Å². The van der Waals surface area contributed by atoms with Gasteiger partial charge in [0.1, 0.15) is 11.6 Å². The third-order valence-corrected chi connectivity index (χ3v) is 4.19. The van der Waals surface area contributed by atoms with Crippen LogP contribution in [0.5, 0.6) is 0 Å². The fraction of sp³-hybridized carbons (Fsp3) is 0.333. The van der Waals surface area contributed by atoms with Crippen molar-refractivity contribution in [3.8, 4) is 0 Å². The van der Waals surface area contributed by atoms with Gasteiger partial charge in [-0.25, -0.2) is 9.97 Å². The van der Waals surface area contributed by atoms with E-state index in [0.717, 1.165) is 25.3 Å². The van der Waals surface area contributed by atoms with Crippen LogP contribution in [-0.2, 0) is 13.0 Å². The van der Waals surface area contributed by atoms with Crippen molar-refractivity contribution in [2.75, 3.05) is 19.3 Å². The number of hydrogen-bond acceptors (Lipinski definition) is 5. The lowest BCUT2D eigenvalue weighted by atomic mass is 10.3. The van der Waals surface area contributed by atoms with E-state index in [1.165, 1.54) is 8.66 Å². The molecule has 0 radical (unpaired) electrons. The van der Waals surface area contributed by atoms with E-state index in [-0.39, 0.29) is 0 Å². The fourth-order valence-corrected chi connectivity index (χ4v) is 3.07. The highest BCUT2D eigenvalue weighted by Crippen LogP contribution is 2.22. The first kappa shape index (κ1) is 13.5. The number of thiophene rings is 1. The van der Waals surface area contributed by atoms with Crippen LogP contribution in [0.4, 0.5) is 5.82 Å². The zero-order valence-electron chi connectivity index (χ0n) is 10.1. The van der Waals surface area contributed by atoms with Crippen molar-refractivity contribution in [2.24, 2.45) is 0 Å². The van der Waals surface area contributed by atoms with Crippen molar-refractivity contribution in [1.82, 2.24) is 14.9 Å². The third kappa shape index (κ3) is 4.04. The minimum Gasteiger partial charge on any atom is -0.384 e. The zero-order valence-corrected chi connectivity index (χ0v) is 12.5. The van der Waals surface area contributed by atoms with Crippen LogP contribution in [0.1, 0.15) is 10.7 Å².